The molecular weight excluding hydrogens is 346 g/mol. The summed E-state index contributed by atoms with van der Waals surface area (Å²) in [5, 5.41) is 24.9. The molecule has 6 aromatic rings. The highest BCUT2D eigenvalue weighted by atomic mass is 15.5. The molecule has 6 aromatic heterocycles. The molecule has 27 heavy (non-hydrogen) atoms. The minimum Gasteiger partial charge on any atom is -0.276 e. The molecule has 0 saturated carbocycles. The summed E-state index contributed by atoms with van der Waals surface area (Å²) < 4.78 is 3.32. The summed E-state index contributed by atoms with van der Waals surface area (Å²) in [5.74, 6) is 0. The Hall–Kier alpha value is -4.28. The second-order valence-corrected chi connectivity index (χ2v) is 5.86. The molecule has 0 aliphatic heterocycles. The average molecular weight is 355 g/mol. The Kier molecular flexibility index (Phi) is 2.64. The predicted octanol–water partition coefficient (Wildman–Crippen LogP) is 1.22. The van der Waals surface area contributed by atoms with Crippen LogP contribution in [0.4, 0.5) is 0 Å². The molecule has 0 aliphatic carbocycles. The normalized spacial score (nSPS) is 11.7. The third-order valence-corrected chi connectivity index (χ3v) is 4.37. The first-order chi connectivity index (χ1) is 13.4. The zero-order chi connectivity index (χ0) is 17.8. The van der Waals surface area contributed by atoms with Gasteiger partial charge in [-0.05, 0) is 12.1 Å². The summed E-state index contributed by atoms with van der Waals surface area (Å²) in [4.78, 5) is 12.9. The van der Waals surface area contributed by atoms with Crippen molar-refractivity contribution in [2.75, 3.05) is 0 Å². The Labute approximate surface area is 149 Å². The topological polar surface area (TPSA) is 129 Å². The van der Waals surface area contributed by atoms with Crippen LogP contribution in [0.5, 0.6) is 0 Å². The van der Waals surface area contributed by atoms with Gasteiger partial charge < -0.3 is 0 Å². The maximum Gasteiger partial charge on any atom is 0.185 e. The SMILES string of the molecule is c1cc2nnn(-c3ccnc4c3nnn4-c3cncc4[nH]ncc34)c2cn1. The highest BCUT2D eigenvalue weighted by Gasteiger charge is 2.17. The Bertz CT molecular complexity index is 1440. The standard InChI is InChI=1S/C16H9N11/c1-3-17-8-14-10(1)22-24-26(14)12-2-4-19-16-15(12)23-25-27(16)13-7-18-6-11-9(13)5-20-21-11/h1-8H,(H,20,21). The molecule has 0 aromatic carbocycles. The third-order valence-electron chi connectivity index (χ3n) is 4.37. The lowest BCUT2D eigenvalue weighted by molar-refractivity contribution is 0.814. The molecule has 11 nitrogen and oxygen atoms in total. The zero-order valence-electron chi connectivity index (χ0n) is 13.6. The van der Waals surface area contributed by atoms with Crippen LogP contribution in [0.25, 0.3) is 44.5 Å². The summed E-state index contributed by atoms with van der Waals surface area (Å²) in [7, 11) is 0. The van der Waals surface area contributed by atoms with E-state index in [9.17, 15) is 0 Å². The number of hydrogen-bond donors (Lipinski definition) is 1. The van der Waals surface area contributed by atoms with Crippen molar-refractivity contribution in [3.05, 3.63) is 49.3 Å². The number of nitrogens with zero attached hydrogens (tertiary/aromatic N) is 10. The molecule has 0 unspecified atom stereocenters. The second kappa shape index (κ2) is 5.11. The number of fused-ring (bicyclic) bond motifs is 3. The molecule has 0 radical (unpaired) electrons. The fourth-order valence-corrected chi connectivity index (χ4v) is 3.11. The lowest BCUT2D eigenvalue weighted by Gasteiger charge is -2.04. The Morgan fingerprint density at radius 3 is 2.78 bits per heavy atom. The number of pyridine rings is 3. The first kappa shape index (κ1) is 13.9. The van der Waals surface area contributed by atoms with Gasteiger partial charge >= 0.3 is 0 Å². The number of rotatable bonds is 2. The monoisotopic (exact) mass is 355 g/mol. The Morgan fingerprint density at radius 2 is 1.78 bits per heavy atom. The zero-order valence-corrected chi connectivity index (χ0v) is 13.6. The quantitative estimate of drug-likeness (QED) is 0.491. The summed E-state index contributed by atoms with van der Waals surface area (Å²) >= 11 is 0. The van der Waals surface area contributed by atoms with Crippen molar-refractivity contribution >= 4 is 33.1 Å². The lowest BCUT2D eigenvalue weighted by atomic mass is 10.3. The number of nitrogens with one attached hydrogen (secondary N) is 1. The Morgan fingerprint density at radius 1 is 0.815 bits per heavy atom. The van der Waals surface area contributed by atoms with E-state index >= 15 is 0 Å². The van der Waals surface area contributed by atoms with E-state index in [0.29, 0.717) is 16.9 Å². The third kappa shape index (κ3) is 1.90. The molecule has 0 aliphatic rings. The van der Waals surface area contributed by atoms with Crippen LogP contribution in [0.1, 0.15) is 0 Å². The van der Waals surface area contributed by atoms with Gasteiger partial charge in [0.25, 0.3) is 0 Å². The van der Waals surface area contributed by atoms with E-state index in [1.807, 2.05) is 6.07 Å². The fraction of sp³-hybridized carbons (Fsp3) is 0. The molecule has 0 spiro atoms. The van der Waals surface area contributed by atoms with E-state index in [4.69, 9.17) is 0 Å². The van der Waals surface area contributed by atoms with E-state index in [-0.39, 0.29) is 0 Å². The van der Waals surface area contributed by atoms with Crippen molar-refractivity contribution in [2.45, 2.75) is 0 Å². The maximum absolute atomic E-state index is 4.46. The van der Waals surface area contributed by atoms with Gasteiger partial charge in [0.1, 0.15) is 16.7 Å². The minimum atomic E-state index is 0.579. The molecule has 0 fully saturated rings. The lowest BCUT2D eigenvalue weighted by Crippen LogP contribution is -2.01. The van der Waals surface area contributed by atoms with Crippen molar-refractivity contribution in [3.8, 4) is 11.4 Å². The first-order valence-electron chi connectivity index (χ1n) is 8.04. The largest absolute Gasteiger partial charge is 0.276 e. The molecule has 0 amide bonds. The van der Waals surface area contributed by atoms with Crippen molar-refractivity contribution < 1.29 is 0 Å². The molecule has 0 bridgehead atoms. The highest BCUT2D eigenvalue weighted by Crippen LogP contribution is 2.25. The van der Waals surface area contributed by atoms with E-state index in [1.165, 1.54) is 0 Å². The number of H-pyrrole nitrogens is 1. The van der Waals surface area contributed by atoms with Crippen LogP contribution in [0.2, 0.25) is 0 Å². The van der Waals surface area contributed by atoms with Gasteiger partial charge in [-0.1, -0.05) is 10.4 Å². The van der Waals surface area contributed by atoms with Gasteiger partial charge in [-0.3, -0.25) is 15.1 Å². The van der Waals surface area contributed by atoms with Gasteiger partial charge in [0.05, 0.1) is 36.0 Å². The van der Waals surface area contributed by atoms with E-state index in [0.717, 1.165) is 27.6 Å². The smallest absolute Gasteiger partial charge is 0.185 e. The van der Waals surface area contributed by atoms with Crippen molar-refractivity contribution in [1.82, 2.24) is 55.1 Å². The summed E-state index contributed by atoms with van der Waals surface area (Å²) in [6, 6.07) is 3.62. The van der Waals surface area contributed by atoms with Crippen LogP contribution in [-0.2, 0) is 0 Å². The molecular formula is C16H9N11. The molecule has 1 N–H and O–H groups in total. The predicted molar refractivity (Wildman–Crippen MR) is 94.3 cm³/mol. The number of aromatic amines is 1. The van der Waals surface area contributed by atoms with Crippen LogP contribution in [-0.4, -0.2) is 55.1 Å². The second-order valence-electron chi connectivity index (χ2n) is 5.86. The van der Waals surface area contributed by atoms with Crippen LogP contribution in [0.15, 0.2) is 49.3 Å². The van der Waals surface area contributed by atoms with Crippen LogP contribution >= 0.6 is 0 Å². The summed E-state index contributed by atoms with van der Waals surface area (Å²) in [6.07, 6.45) is 10.2. The Balaban J connectivity index is 1.63. The molecule has 128 valence electrons. The van der Waals surface area contributed by atoms with Crippen molar-refractivity contribution in [1.29, 1.82) is 0 Å². The fourth-order valence-electron chi connectivity index (χ4n) is 3.11. The molecule has 6 heterocycles. The molecule has 0 saturated heterocycles. The van der Waals surface area contributed by atoms with Crippen LogP contribution in [0, 0.1) is 0 Å². The maximum atomic E-state index is 4.46. The average Bonchev–Trinajstić information content (AvgIpc) is 3.44. The van der Waals surface area contributed by atoms with E-state index in [1.54, 1.807) is 52.6 Å². The van der Waals surface area contributed by atoms with E-state index < -0.39 is 0 Å². The summed E-state index contributed by atoms with van der Waals surface area (Å²) in [6.45, 7) is 0. The highest BCUT2D eigenvalue weighted by molar-refractivity contribution is 5.89. The van der Waals surface area contributed by atoms with Gasteiger partial charge in [-0.15, -0.1) is 10.2 Å². The van der Waals surface area contributed by atoms with Crippen LogP contribution < -0.4 is 0 Å². The minimum absolute atomic E-state index is 0.579. The molecule has 6 rings (SSSR count). The molecule has 11 heteroatoms. The van der Waals surface area contributed by atoms with Gasteiger partial charge in [-0.25, -0.2) is 9.67 Å². The van der Waals surface area contributed by atoms with E-state index in [2.05, 4.69) is 45.8 Å². The number of hydrogen-bond acceptors (Lipinski definition) is 8. The first-order valence-corrected chi connectivity index (χ1v) is 8.04. The van der Waals surface area contributed by atoms with Crippen molar-refractivity contribution in [3.63, 3.8) is 0 Å². The van der Waals surface area contributed by atoms with Gasteiger partial charge in [0, 0.05) is 17.8 Å². The van der Waals surface area contributed by atoms with Crippen molar-refractivity contribution in [2.24, 2.45) is 0 Å². The van der Waals surface area contributed by atoms with Crippen LogP contribution in [0.3, 0.4) is 0 Å². The number of aromatic nitrogens is 11. The molecule has 0 atom stereocenters. The van der Waals surface area contributed by atoms with Gasteiger partial charge in [0.15, 0.2) is 11.2 Å². The summed E-state index contributed by atoms with van der Waals surface area (Å²) in [5.41, 5.74) is 4.95. The van der Waals surface area contributed by atoms with Gasteiger partial charge in [0.2, 0.25) is 0 Å². The van der Waals surface area contributed by atoms with Gasteiger partial charge in [-0.2, -0.15) is 9.78 Å².